The van der Waals surface area contributed by atoms with Crippen LogP contribution in [0.3, 0.4) is 0 Å². The quantitative estimate of drug-likeness (QED) is 0.823. The topological polar surface area (TPSA) is 51.4 Å². The summed E-state index contributed by atoms with van der Waals surface area (Å²) in [5.41, 5.74) is 6.87. The van der Waals surface area contributed by atoms with Crippen molar-refractivity contribution in [2.75, 3.05) is 13.2 Å². The summed E-state index contributed by atoms with van der Waals surface area (Å²) in [4.78, 5) is 6.66. The van der Waals surface area contributed by atoms with Crippen molar-refractivity contribution in [2.45, 2.75) is 52.7 Å². The first-order chi connectivity index (χ1) is 8.93. The summed E-state index contributed by atoms with van der Waals surface area (Å²) in [6.45, 7) is 12.3. The van der Waals surface area contributed by atoms with Crippen molar-refractivity contribution in [3.05, 3.63) is 23.9 Å². The first-order valence-electron chi connectivity index (χ1n) is 7.02. The van der Waals surface area contributed by atoms with E-state index in [1.165, 1.54) is 0 Å². The lowest BCUT2D eigenvalue weighted by Gasteiger charge is -2.30. The van der Waals surface area contributed by atoms with Crippen LogP contribution < -0.4 is 10.5 Å². The summed E-state index contributed by atoms with van der Waals surface area (Å²) in [6.07, 6.45) is 1.74. The second-order valence-corrected chi connectivity index (χ2v) is 5.46. The Balaban J connectivity index is 2.58. The van der Waals surface area contributed by atoms with E-state index in [9.17, 15) is 0 Å². The average Bonchev–Trinajstić information content (AvgIpc) is 2.33. The molecule has 1 atom stereocenters. The molecule has 0 spiro atoms. The lowest BCUT2D eigenvalue weighted by Crippen LogP contribution is -2.39. The summed E-state index contributed by atoms with van der Waals surface area (Å²) in [7, 11) is 0. The molecule has 1 heterocycles. The Morgan fingerprint density at radius 3 is 2.37 bits per heavy atom. The first-order valence-corrected chi connectivity index (χ1v) is 7.02. The third-order valence-electron chi connectivity index (χ3n) is 3.21. The molecular formula is C15H27N3O. The minimum Gasteiger partial charge on any atom is -0.476 e. The molecule has 0 aliphatic carbocycles. The van der Waals surface area contributed by atoms with Crippen molar-refractivity contribution in [2.24, 2.45) is 5.73 Å². The first kappa shape index (κ1) is 15.9. The van der Waals surface area contributed by atoms with E-state index >= 15 is 0 Å². The molecule has 0 bridgehead atoms. The standard InChI is InChI=1S/C15H27N3O/c1-11(2)18(12(3)4)9-10-19-15-14(13(5)16)7-6-8-17-15/h6-8,11-13H,9-10,16H2,1-5H3/t13-/m1/s1. The number of aromatic nitrogens is 1. The van der Waals surface area contributed by atoms with Crippen molar-refractivity contribution in [3.63, 3.8) is 0 Å². The molecule has 108 valence electrons. The van der Waals surface area contributed by atoms with E-state index in [0.29, 0.717) is 24.6 Å². The zero-order valence-corrected chi connectivity index (χ0v) is 12.8. The Morgan fingerprint density at radius 1 is 1.21 bits per heavy atom. The van der Waals surface area contributed by atoms with Gasteiger partial charge in [0.2, 0.25) is 5.88 Å². The minimum absolute atomic E-state index is 0.0602. The van der Waals surface area contributed by atoms with Crippen LogP contribution in [0.25, 0.3) is 0 Å². The van der Waals surface area contributed by atoms with Crippen molar-refractivity contribution in [1.29, 1.82) is 0 Å². The second kappa shape index (κ2) is 7.46. The van der Waals surface area contributed by atoms with E-state index in [4.69, 9.17) is 10.5 Å². The number of pyridine rings is 1. The number of hydrogen-bond acceptors (Lipinski definition) is 4. The lowest BCUT2D eigenvalue weighted by atomic mass is 10.1. The molecule has 0 fully saturated rings. The van der Waals surface area contributed by atoms with E-state index in [0.717, 1.165) is 12.1 Å². The summed E-state index contributed by atoms with van der Waals surface area (Å²) < 4.78 is 5.80. The molecule has 0 aliphatic rings. The summed E-state index contributed by atoms with van der Waals surface area (Å²) in [5.74, 6) is 0.657. The summed E-state index contributed by atoms with van der Waals surface area (Å²) >= 11 is 0. The van der Waals surface area contributed by atoms with Crippen LogP contribution in [0.1, 0.15) is 46.2 Å². The third-order valence-corrected chi connectivity index (χ3v) is 3.21. The van der Waals surface area contributed by atoms with Gasteiger partial charge >= 0.3 is 0 Å². The molecule has 0 aliphatic heterocycles. The number of nitrogens with zero attached hydrogens (tertiary/aromatic N) is 2. The van der Waals surface area contributed by atoms with Gasteiger partial charge in [-0.1, -0.05) is 6.07 Å². The van der Waals surface area contributed by atoms with Gasteiger partial charge in [-0.25, -0.2) is 4.98 Å². The van der Waals surface area contributed by atoms with Crippen LogP contribution in [-0.2, 0) is 0 Å². The molecule has 0 amide bonds. The highest BCUT2D eigenvalue weighted by Gasteiger charge is 2.14. The fourth-order valence-electron chi connectivity index (χ4n) is 2.23. The zero-order valence-electron chi connectivity index (χ0n) is 12.8. The van der Waals surface area contributed by atoms with Gasteiger partial charge in [-0.15, -0.1) is 0 Å². The van der Waals surface area contributed by atoms with Gasteiger partial charge in [-0.2, -0.15) is 0 Å². The van der Waals surface area contributed by atoms with E-state index in [1.54, 1.807) is 6.20 Å². The van der Waals surface area contributed by atoms with Crippen molar-refractivity contribution < 1.29 is 4.74 Å². The molecule has 1 rings (SSSR count). The van der Waals surface area contributed by atoms with Gasteiger partial charge in [0.1, 0.15) is 6.61 Å². The molecule has 4 heteroatoms. The maximum Gasteiger partial charge on any atom is 0.218 e. The fraction of sp³-hybridized carbons (Fsp3) is 0.667. The summed E-state index contributed by atoms with van der Waals surface area (Å²) in [5, 5.41) is 0. The second-order valence-electron chi connectivity index (χ2n) is 5.46. The average molecular weight is 265 g/mol. The zero-order chi connectivity index (χ0) is 14.4. The molecule has 1 aromatic heterocycles. The fourth-order valence-corrected chi connectivity index (χ4v) is 2.23. The Hall–Kier alpha value is -1.13. The summed E-state index contributed by atoms with van der Waals surface area (Å²) in [6, 6.07) is 4.82. The van der Waals surface area contributed by atoms with Crippen molar-refractivity contribution in [1.82, 2.24) is 9.88 Å². The highest BCUT2D eigenvalue weighted by Crippen LogP contribution is 2.20. The molecule has 1 aromatic rings. The van der Waals surface area contributed by atoms with Crippen LogP contribution in [0, 0.1) is 0 Å². The molecule has 0 radical (unpaired) electrons. The maximum atomic E-state index is 5.91. The Labute approximate surface area is 117 Å². The predicted molar refractivity (Wildman–Crippen MR) is 79.3 cm³/mol. The normalized spacial score (nSPS) is 13.3. The number of rotatable bonds is 7. The van der Waals surface area contributed by atoms with E-state index in [-0.39, 0.29) is 6.04 Å². The van der Waals surface area contributed by atoms with E-state index in [2.05, 4.69) is 37.6 Å². The predicted octanol–water partition coefficient (Wildman–Crippen LogP) is 2.60. The van der Waals surface area contributed by atoms with Gasteiger partial charge < -0.3 is 10.5 Å². The number of hydrogen-bond donors (Lipinski definition) is 1. The molecule has 0 saturated heterocycles. The Bertz CT molecular complexity index is 369. The largest absolute Gasteiger partial charge is 0.476 e. The van der Waals surface area contributed by atoms with Gasteiger partial charge in [0.15, 0.2) is 0 Å². The van der Waals surface area contributed by atoms with Gasteiger partial charge in [-0.05, 0) is 40.7 Å². The Morgan fingerprint density at radius 2 is 1.84 bits per heavy atom. The number of ether oxygens (including phenoxy) is 1. The van der Waals surface area contributed by atoms with Gasteiger partial charge in [0.05, 0.1) is 0 Å². The molecule has 0 aromatic carbocycles. The van der Waals surface area contributed by atoms with Gasteiger partial charge in [0.25, 0.3) is 0 Å². The van der Waals surface area contributed by atoms with Crippen LogP contribution in [0.15, 0.2) is 18.3 Å². The third kappa shape index (κ3) is 4.80. The SMILES string of the molecule is CC(C)N(CCOc1ncccc1[C@@H](C)N)C(C)C. The molecule has 0 unspecified atom stereocenters. The Kier molecular flexibility index (Phi) is 6.25. The highest BCUT2D eigenvalue weighted by atomic mass is 16.5. The van der Waals surface area contributed by atoms with Crippen molar-refractivity contribution in [3.8, 4) is 5.88 Å². The van der Waals surface area contributed by atoms with E-state index < -0.39 is 0 Å². The minimum atomic E-state index is -0.0602. The van der Waals surface area contributed by atoms with Crippen LogP contribution in [0.4, 0.5) is 0 Å². The molecule has 2 N–H and O–H groups in total. The number of nitrogens with two attached hydrogens (primary N) is 1. The lowest BCUT2D eigenvalue weighted by molar-refractivity contribution is 0.139. The van der Waals surface area contributed by atoms with E-state index in [1.807, 2.05) is 19.1 Å². The van der Waals surface area contributed by atoms with Crippen LogP contribution in [0.5, 0.6) is 5.88 Å². The van der Waals surface area contributed by atoms with Crippen molar-refractivity contribution >= 4 is 0 Å². The van der Waals surface area contributed by atoms with Crippen LogP contribution in [-0.4, -0.2) is 35.1 Å². The van der Waals surface area contributed by atoms with Gasteiger partial charge in [0, 0.05) is 36.4 Å². The molecule has 19 heavy (non-hydrogen) atoms. The molecular weight excluding hydrogens is 238 g/mol. The smallest absolute Gasteiger partial charge is 0.218 e. The molecule has 0 saturated carbocycles. The van der Waals surface area contributed by atoms with Gasteiger partial charge in [-0.3, -0.25) is 4.90 Å². The molecule has 4 nitrogen and oxygen atoms in total. The monoisotopic (exact) mass is 265 g/mol. The van der Waals surface area contributed by atoms with Crippen LogP contribution >= 0.6 is 0 Å². The maximum absolute atomic E-state index is 5.91. The highest BCUT2D eigenvalue weighted by molar-refractivity contribution is 5.28. The van der Waals surface area contributed by atoms with Crippen LogP contribution in [0.2, 0.25) is 0 Å².